The quantitative estimate of drug-likeness (QED) is 0.207. The molecule has 0 saturated heterocycles. The molecule has 0 aromatic heterocycles. The zero-order chi connectivity index (χ0) is 29.3. The van der Waals surface area contributed by atoms with Crippen molar-refractivity contribution in [1.29, 1.82) is 0 Å². The summed E-state index contributed by atoms with van der Waals surface area (Å²) in [4.78, 5) is 42.3. The number of esters is 1. The van der Waals surface area contributed by atoms with E-state index in [1.54, 1.807) is 6.92 Å². The molecule has 0 saturated carbocycles. The first-order valence-electron chi connectivity index (χ1n) is 9.52. The fraction of sp³-hybridized carbons (Fsp3) is 0.300. The van der Waals surface area contributed by atoms with E-state index >= 15 is 0 Å². The predicted octanol–water partition coefficient (Wildman–Crippen LogP) is 4.53. The number of aromatic carboxylic acids is 1. The van der Waals surface area contributed by atoms with Gasteiger partial charge < -0.3 is 19.3 Å². The highest BCUT2D eigenvalue weighted by atomic mass is 36.0. The fourth-order valence-corrected chi connectivity index (χ4v) is 2.52. The minimum Gasteiger partial charge on any atom is -0.496 e. The molecule has 0 unspecified atom stereocenters. The summed E-state index contributed by atoms with van der Waals surface area (Å²) in [7, 11) is 9.00. The van der Waals surface area contributed by atoms with E-state index in [2.05, 4.69) is 26.1 Å². The molecule has 0 aliphatic heterocycles. The van der Waals surface area contributed by atoms with Crippen molar-refractivity contribution in [3.8, 4) is 11.5 Å². The second-order valence-electron chi connectivity index (χ2n) is 7.04. The van der Waals surface area contributed by atoms with Crippen LogP contribution in [0, 0.1) is 34.1 Å². The largest absolute Gasteiger partial charge is 0.496 e. The summed E-state index contributed by atoms with van der Waals surface area (Å²) < 4.78 is 32.2. The Morgan fingerprint density at radius 1 is 0.865 bits per heavy atom. The lowest BCUT2D eigenvalue weighted by atomic mass is 10.1. The van der Waals surface area contributed by atoms with E-state index in [-0.39, 0.29) is 34.0 Å². The maximum atomic E-state index is 11.4. The molecule has 0 radical (unpaired) electrons. The molecular formula is C20H24Cl2N2O12S. The fourth-order valence-electron chi connectivity index (χ4n) is 2.52. The molecule has 2 aromatic rings. The molecule has 0 atom stereocenters. The number of nitro benzene ring substituents is 2. The van der Waals surface area contributed by atoms with Crippen LogP contribution < -0.4 is 9.47 Å². The molecule has 2 N–H and O–H groups in total. The van der Waals surface area contributed by atoms with Gasteiger partial charge in [-0.2, -0.15) is 4.21 Å². The summed E-state index contributed by atoms with van der Waals surface area (Å²) in [5, 5.41) is 30.0. The lowest BCUT2D eigenvalue weighted by molar-refractivity contribution is -0.385. The third kappa shape index (κ3) is 11.8. The minimum atomic E-state index is -4.16. The van der Waals surface area contributed by atoms with Gasteiger partial charge in [0.1, 0.15) is 22.6 Å². The number of ether oxygens (including phenoxy) is 3. The van der Waals surface area contributed by atoms with E-state index < -0.39 is 29.6 Å². The maximum Gasteiger partial charge on any atom is 0.341 e. The van der Waals surface area contributed by atoms with Crippen molar-refractivity contribution >= 4 is 52.5 Å². The van der Waals surface area contributed by atoms with Gasteiger partial charge in [-0.25, -0.2) is 9.59 Å². The molecule has 37 heavy (non-hydrogen) atoms. The topological polar surface area (TPSA) is 206 Å². The molecule has 0 aliphatic rings. The molecular weight excluding hydrogens is 563 g/mol. The summed E-state index contributed by atoms with van der Waals surface area (Å²) in [6.07, 6.45) is 0.848. The van der Waals surface area contributed by atoms with E-state index in [0.717, 1.165) is 12.3 Å². The predicted molar refractivity (Wildman–Crippen MR) is 135 cm³/mol. The first-order chi connectivity index (χ1) is 16.7. The lowest BCUT2D eigenvalue weighted by Crippen LogP contribution is -2.09. The van der Waals surface area contributed by atoms with Crippen LogP contribution in [0.25, 0.3) is 0 Å². The Bertz CT molecular complexity index is 1250. The number of nitrogens with zero attached hydrogens (tertiary/aromatic N) is 2. The number of methoxy groups -OCH3 is 3. The third-order valence-electron chi connectivity index (χ3n) is 4.07. The molecule has 206 valence electrons. The van der Waals surface area contributed by atoms with Crippen molar-refractivity contribution in [1.82, 2.24) is 0 Å². The average molecular weight is 587 g/mol. The smallest absolute Gasteiger partial charge is 0.341 e. The molecule has 0 fully saturated rings. The standard InChI is InChI=1S/C10H11NO5.C9H9NO5.CH4Cl2O2S/c1-6-4-7(10(12)16-3)9(15-2)5-8(6)11(13)14;1-5-3-6(9(11)12)8(15-2)4-7(5)10(13)14;1-6(2,3,4)5/h4-5H,1-3H3;3-4H,1-2H3,(H,11,12);1H3,(H,4,5). The second-order valence-corrected chi connectivity index (χ2v) is 14.0. The summed E-state index contributed by atoms with van der Waals surface area (Å²) >= 11 is 0. The molecule has 0 spiro atoms. The van der Waals surface area contributed by atoms with E-state index in [1.165, 1.54) is 46.5 Å². The van der Waals surface area contributed by atoms with Gasteiger partial charge in [0, 0.05) is 32.5 Å². The molecule has 2 rings (SSSR count). The molecule has 0 bridgehead atoms. The van der Waals surface area contributed by atoms with Crippen molar-refractivity contribution in [2.45, 2.75) is 13.8 Å². The Labute approximate surface area is 219 Å². The number of rotatable bonds is 6. The number of aryl methyl sites for hydroxylation is 2. The number of carboxylic acid groups (broad SMARTS) is 1. The van der Waals surface area contributed by atoms with Crippen LogP contribution in [0.2, 0.25) is 0 Å². The SMILES string of the molecule is COC(=O)c1cc(C)c([N+](=O)[O-])cc1OC.COc1cc([N+](=O)[O-])c(C)cc1C(=O)O.CS(=O)(O)(Cl)Cl. The van der Waals surface area contributed by atoms with E-state index in [0.29, 0.717) is 11.1 Å². The highest BCUT2D eigenvalue weighted by molar-refractivity contribution is 8.49. The average Bonchev–Trinajstić information content (AvgIpc) is 2.76. The molecule has 0 aliphatic carbocycles. The molecule has 2 aromatic carbocycles. The lowest BCUT2D eigenvalue weighted by Gasteiger charge is -2.18. The number of carboxylic acids is 1. The van der Waals surface area contributed by atoms with Gasteiger partial charge in [-0.15, -0.1) is 0 Å². The van der Waals surface area contributed by atoms with Crippen LogP contribution in [0.1, 0.15) is 31.8 Å². The zero-order valence-electron chi connectivity index (χ0n) is 20.3. The van der Waals surface area contributed by atoms with Gasteiger partial charge in [0.25, 0.3) is 11.4 Å². The van der Waals surface area contributed by atoms with Gasteiger partial charge in [0.2, 0.25) is 0 Å². The Hall–Kier alpha value is -3.53. The number of halogens is 2. The van der Waals surface area contributed by atoms with Crippen LogP contribution in [-0.4, -0.2) is 63.2 Å². The van der Waals surface area contributed by atoms with Crippen molar-refractivity contribution in [2.75, 3.05) is 27.6 Å². The highest BCUT2D eigenvalue weighted by Gasteiger charge is 2.21. The maximum absolute atomic E-state index is 11.4. The number of hydrogen-bond donors (Lipinski definition) is 2. The third-order valence-corrected chi connectivity index (χ3v) is 4.07. The highest BCUT2D eigenvalue weighted by Crippen LogP contribution is 2.30. The van der Waals surface area contributed by atoms with E-state index in [9.17, 15) is 34.0 Å². The minimum absolute atomic E-state index is 0.0141. The second kappa shape index (κ2) is 13.1. The molecule has 17 heteroatoms. The number of benzene rings is 2. The Balaban J connectivity index is 0.000000578. The van der Waals surface area contributed by atoms with Gasteiger partial charge in [-0.3, -0.25) is 24.8 Å². The number of nitro groups is 2. The van der Waals surface area contributed by atoms with Crippen LogP contribution in [0.5, 0.6) is 11.5 Å². The van der Waals surface area contributed by atoms with Gasteiger partial charge in [-0.05, 0) is 26.0 Å². The first-order valence-corrected chi connectivity index (χ1v) is 13.5. The monoisotopic (exact) mass is 586 g/mol. The van der Waals surface area contributed by atoms with Crippen molar-refractivity contribution in [3.63, 3.8) is 0 Å². The Kier molecular flexibility index (Phi) is 11.9. The van der Waals surface area contributed by atoms with Crippen molar-refractivity contribution < 1.29 is 47.5 Å². The van der Waals surface area contributed by atoms with Crippen molar-refractivity contribution in [2.24, 2.45) is 0 Å². The van der Waals surface area contributed by atoms with Crippen LogP contribution in [0.4, 0.5) is 11.4 Å². The summed E-state index contributed by atoms with van der Waals surface area (Å²) in [5.41, 5.74) is 0.513. The van der Waals surface area contributed by atoms with Crippen LogP contribution in [-0.2, 0) is 12.5 Å². The van der Waals surface area contributed by atoms with Gasteiger partial charge in [0.15, 0.2) is 0 Å². The summed E-state index contributed by atoms with van der Waals surface area (Å²) in [6.45, 7) is 3.02. The van der Waals surface area contributed by atoms with Crippen molar-refractivity contribution in [3.05, 3.63) is 66.7 Å². The van der Waals surface area contributed by atoms with Gasteiger partial charge in [-0.1, -0.05) is 7.77 Å². The molecule has 0 heterocycles. The van der Waals surface area contributed by atoms with Crippen LogP contribution in [0.3, 0.4) is 0 Å². The first kappa shape index (κ1) is 33.5. The molecule has 0 amide bonds. The van der Waals surface area contributed by atoms with E-state index in [4.69, 9.17) is 19.1 Å². The Morgan fingerprint density at radius 2 is 1.19 bits per heavy atom. The van der Waals surface area contributed by atoms with E-state index in [1.807, 2.05) is 0 Å². The van der Waals surface area contributed by atoms with Crippen LogP contribution >= 0.6 is 21.4 Å². The number of hydrogen-bond acceptors (Lipinski definition) is 10. The van der Waals surface area contributed by atoms with Gasteiger partial charge >= 0.3 is 11.9 Å². The number of carbonyl (C=O) groups excluding carboxylic acids is 1. The Morgan fingerprint density at radius 3 is 1.46 bits per heavy atom. The van der Waals surface area contributed by atoms with Crippen LogP contribution in [0.15, 0.2) is 24.3 Å². The normalized spacial score (nSPS) is 11.2. The zero-order valence-corrected chi connectivity index (χ0v) is 22.7. The van der Waals surface area contributed by atoms with Gasteiger partial charge in [0.05, 0.1) is 49.6 Å². The molecule has 14 nitrogen and oxygen atoms in total. The number of carbonyl (C=O) groups is 2. The summed E-state index contributed by atoms with van der Waals surface area (Å²) in [6, 6.07) is 4.92. The summed E-state index contributed by atoms with van der Waals surface area (Å²) in [5.74, 6) is -1.65.